The lowest BCUT2D eigenvalue weighted by atomic mass is 9.89. The van der Waals surface area contributed by atoms with Gasteiger partial charge in [-0.2, -0.15) is 0 Å². The fourth-order valence-corrected chi connectivity index (χ4v) is 6.14. The van der Waals surface area contributed by atoms with Crippen LogP contribution in [-0.2, 0) is 19.5 Å². The van der Waals surface area contributed by atoms with Crippen LogP contribution in [0.25, 0.3) is 11.3 Å². The van der Waals surface area contributed by atoms with Crippen LogP contribution < -0.4 is 10.6 Å². The molecule has 3 aliphatic heterocycles. The third kappa shape index (κ3) is 5.47. The molecule has 196 valence electrons. The summed E-state index contributed by atoms with van der Waals surface area (Å²) < 4.78 is 36.5. The Labute approximate surface area is 215 Å². The molecule has 0 amide bonds. The van der Waals surface area contributed by atoms with Crippen LogP contribution in [0.4, 0.5) is 11.5 Å². The van der Waals surface area contributed by atoms with Crippen molar-refractivity contribution < 1.29 is 28.1 Å². The summed E-state index contributed by atoms with van der Waals surface area (Å²) in [5.41, 5.74) is 3.42. The second-order valence-corrected chi connectivity index (χ2v) is 11.9. The predicted octanol–water partition coefficient (Wildman–Crippen LogP) is 2.19. The molecule has 0 bridgehead atoms. The smallest absolute Gasteiger partial charge is 0.211 e. The fourth-order valence-electron chi connectivity index (χ4n) is 5.01. The molecule has 0 spiro atoms. The van der Waals surface area contributed by atoms with Crippen molar-refractivity contribution >= 4 is 33.1 Å². The number of aliphatic hydroxyl groups excluding tert-OH is 2. The second-order valence-electron chi connectivity index (χ2n) is 9.56. The number of piperidine rings is 1. The standard InChI is InChI=1S/C24H31ClN4O6S/c1-36(32,33)29-8-6-15(7-9-29)14-2-4-16(5-3-14)22-18(25)11-19-23(27-22)28-24(26-19)35-17-10-20(31)21(12-30)34-13-17/h2-5,11,15,17,20-21,24,26,30-31H,6-10,12-13H2,1H3,(H,27,28)/t17-,20+,21-,24?/m1/s1. The molecule has 0 aliphatic carbocycles. The first kappa shape index (κ1) is 25.7. The first-order chi connectivity index (χ1) is 17.2. The molecule has 4 atom stereocenters. The van der Waals surface area contributed by atoms with Gasteiger partial charge in [-0.1, -0.05) is 35.9 Å². The second kappa shape index (κ2) is 10.4. The molecule has 0 saturated carbocycles. The summed E-state index contributed by atoms with van der Waals surface area (Å²) in [5.74, 6) is 0.932. The van der Waals surface area contributed by atoms with Gasteiger partial charge in [0.25, 0.3) is 0 Å². The molecule has 5 rings (SSSR count). The lowest BCUT2D eigenvalue weighted by molar-refractivity contribution is -0.158. The van der Waals surface area contributed by atoms with Gasteiger partial charge >= 0.3 is 0 Å². The van der Waals surface area contributed by atoms with Crippen LogP contribution in [0.2, 0.25) is 5.02 Å². The number of aliphatic hydroxyl groups is 2. The van der Waals surface area contributed by atoms with Gasteiger partial charge in [-0.3, -0.25) is 0 Å². The Hall–Kier alpha value is -1.99. The Kier molecular flexibility index (Phi) is 7.42. The third-order valence-electron chi connectivity index (χ3n) is 7.05. The Bertz CT molecular complexity index is 1190. The van der Waals surface area contributed by atoms with E-state index in [1.54, 1.807) is 10.4 Å². The number of sulfonamides is 1. The normalized spacial score (nSPS) is 27.3. The number of pyridine rings is 1. The number of aromatic nitrogens is 1. The summed E-state index contributed by atoms with van der Waals surface area (Å²) in [6, 6.07) is 9.92. The number of rotatable bonds is 6. The first-order valence-electron chi connectivity index (χ1n) is 12.1. The van der Waals surface area contributed by atoms with E-state index in [9.17, 15) is 18.6 Å². The monoisotopic (exact) mass is 538 g/mol. The van der Waals surface area contributed by atoms with Crippen molar-refractivity contribution in [2.24, 2.45) is 0 Å². The van der Waals surface area contributed by atoms with Gasteiger partial charge in [0, 0.05) is 25.1 Å². The van der Waals surface area contributed by atoms with Gasteiger partial charge in [0.05, 0.1) is 48.1 Å². The Morgan fingerprint density at radius 1 is 1.22 bits per heavy atom. The van der Waals surface area contributed by atoms with E-state index in [0.29, 0.717) is 47.7 Å². The van der Waals surface area contributed by atoms with Crippen LogP contribution in [0.5, 0.6) is 0 Å². The summed E-state index contributed by atoms with van der Waals surface area (Å²) >= 11 is 6.57. The number of nitrogens with zero attached hydrogens (tertiary/aromatic N) is 2. The predicted molar refractivity (Wildman–Crippen MR) is 136 cm³/mol. The average Bonchev–Trinajstić information content (AvgIpc) is 3.24. The molecule has 2 aromatic rings. The summed E-state index contributed by atoms with van der Waals surface area (Å²) in [7, 11) is -3.14. The highest BCUT2D eigenvalue weighted by Crippen LogP contribution is 2.37. The van der Waals surface area contributed by atoms with Gasteiger partial charge in [-0.25, -0.2) is 17.7 Å². The van der Waals surface area contributed by atoms with Gasteiger partial charge in [0.1, 0.15) is 6.10 Å². The van der Waals surface area contributed by atoms with Crippen molar-refractivity contribution in [3.63, 3.8) is 0 Å². The Morgan fingerprint density at radius 2 is 1.94 bits per heavy atom. The number of nitrogens with one attached hydrogen (secondary N) is 2. The van der Waals surface area contributed by atoms with E-state index in [1.165, 1.54) is 11.8 Å². The summed E-state index contributed by atoms with van der Waals surface area (Å²) in [4.78, 5) is 4.71. The first-order valence-corrected chi connectivity index (χ1v) is 14.3. The molecular weight excluding hydrogens is 508 g/mol. The summed E-state index contributed by atoms with van der Waals surface area (Å²) in [6.45, 7) is 1.13. The minimum Gasteiger partial charge on any atom is -0.394 e. The lowest BCUT2D eigenvalue weighted by Gasteiger charge is -2.33. The molecule has 4 N–H and O–H groups in total. The Balaban J connectivity index is 1.23. The minimum atomic E-state index is -3.14. The molecule has 10 nitrogen and oxygen atoms in total. The van der Waals surface area contributed by atoms with Crippen molar-refractivity contribution in [1.29, 1.82) is 0 Å². The number of halogens is 1. The van der Waals surface area contributed by atoms with Crippen LogP contribution in [0.15, 0.2) is 30.3 Å². The van der Waals surface area contributed by atoms with Crippen LogP contribution in [-0.4, -0.2) is 85.1 Å². The molecule has 1 aromatic heterocycles. The van der Waals surface area contributed by atoms with Gasteiger partial charge in [0.15, 0.2) is 5.82 Å². The van der Waals surface area contributed by atoms with Crippen molar-refractivity contribution in [3.05, 3.63) is 40.9 Å². The number of fused-ring (bicyclic) bond motifs is 1. The van der Waals surface area contributed by atoms with Gasteiger partial charge in [0.2, 0.25) is 16.4 Å². The van der Waals surface area contributed by atoms with Crippen LogP contribution in [0.1, 0.15) is 30.7 Å². The largest absolute Gasteiger partial charge is 0.394 e. The van der Waals surface area contributed by atoms with E-state index >= 15 is 0 Å². The molecule has 12 heteroatoms. The van der Waals surface area contributed by atoms with E-state index in [-0.39, 0.29) is 19.3 Å². The Morgan fingerprint density at radius 3 is 2.58 bits per heavy atom. The maximum Gasteiger partial charge on any atom is 0.211 e. The van der Waals surface area contributed by atoms with E-state index in [4.69, 9.17) is 26.1 Å². The SMILES string of the molecule is CS(=O)(=O)N1CCC(c2ccc(-c3nc4c(cc3Cl)NC(O[C@H]3CO[C@H](CO)[C@@H](O)C3)N4)cc2)CC1. The average molecular weight is 539 g/mol. The quantitative estimate of drug-likeness (QED) is 0.436. The highest BCUT2D eigenvalue weighted by molar-refractivity contribution is 7.88. The van der Waals surface area contributed by atoms with E-state index < -0.39 is 28.6 Å². The van der Waals surface area contributed by atoms with Gasteiger partial charge in [-0.05, 0) is 30.4 Å². The summed E-state index contributed by atoms with van der Waals surface area (Å²) in [5, 5.41) is 26.2. The third-order valence-corrected chi connectivity index (χ3v) is 8.64. The zero-order valence-electron chi connectivity index (χ0n) is 19.9. The number of ether oxygens (including phenoxy) is 2. The van der Waals surface area contributed by atoms with Gasteiger partial charge < -0.3 is 30.3 Å². The summed E-state index contributed by atoms with van der Waals surface area (Å²) in [6.07, 6.45) is 0.958. The van der Waals surface area contributed by atoms with E-state index in [0.717, 1.165) is 18.4 Å². The number of anilines is 2. The molecule has 4 heterocycles. The highest BCUT2D eigenvalue weighted by atomic mass is 35.5. The highest BCUT2D eigenvalue weighted by Gasteiger charge is 2.33. The maximum absolute atomic E-state index is 11.8. The lowest BCUT2D eigenvalue weighted by Crippen LogP contribution is -2.46. The van der Waals surface area contributed by atoms with Crippen LogP contribution in [0, 0.1) is 0 Å². The topological polar surface area (TPSA) is 133 Å². The zero-order chi connectivity index (χ0) is 25.4. The maximum atomic E-state index is 11.8. The molecule has 36 heavy (non-hydrogen) atoms. The number of benzene rings is 1. The van der Waals surface area contributed by atoms with Crippen molar-refractivity contribution in [2.45, 2.75) is 49.8 Å². The number of hydrogen-bond donors (Lipinski definition) is 4. The van der Waals surface area contributed by atoms with Gasteiger partial charge in [-0.15, -0.1) is 0 Å². The fraction of sp³-hybridized carbons (Fsp3) is 0.542. The molecule has 1 unspecified atom stereocenters. The molecule has 2 fully saturated rings. The number of hydrogen-bond acceptors (Lipinski definition) is 9. The van der Waals surface area contributed by atoms with E-state index in [2.05, 4.69) is 22.8 Å². The van der Waals surface area contributed by atoms with Crippen molar-refractivity contribution in [1.82, 2.24) is 9.29 Å². The molecule has 1 aromatic carbocycles. The molecular formula is C24H31ClN4O6S. The van der Waals surface area contributed by atoms with Crippen LogP contribution >= 0.6 is 11.6 Å². The van der Waals surface area contributed by atoms with E-state index in [1.807, 2.05) is 12.1 Å². The molecule has 2 saturated heterocycles. The zero-order valence-corrected chi connectivity index (χ0v) is 21.5. The van der Waals surface area contributed by atoms with Crippen molar-refractivity contribution in [2.75, 3.05) is 43.2 Å². The minimum absolute atomic E-state index is 0.228. The molecule has 3 aliphatic rings. The van der Waals surface area contributed by atoms with Crippen molar-refractivity contribution in [3.8, 4) is 11.3 Å². The van der Waals surface area contributed by atoms with Crippen LogP contribution in [0.3, 0.4) is 0 Å². The molecule has 0 radical (unpaired) electrons.